The van der Waals surface area contributed by atoms with E-state index in [-0.39, 0.29) is 17.3 Å². The van der Waals surface area contributed by atoms with Crippen molar-refractivity contribution >= 4 is 27.8 Å². The first-order chi connectivity index (χ1) is 9.53. The van der Waals surface area contributed by atoms with Crippen molar-refractivity contribution in [1.29, 1.82) is 0 Å². The summed E-state index contributed by atoms with van der Waals surface area (Å²) in [5, 5.41) is 0. The largest absolute Gasteiger partial charge is 0.458 e. The number of hydrogen-bond donors (Lipinski definition) is 0. The molecule has 1 fully saturated rings. The zero-order chi connectivity index (χ0) is 16.0. The minimum Gasteiger partial charge on any atom is -0.458 e. The van der Waals surface area contributed by atoms with Gasteiger partial charge in [0.15, 0.2) is 0 Å². The second kappa shape index (κ2) is 5.27. The van der Waals surface area contributed by atoms with Crippen LogP contribution in [0.3, 0.4) is 0 Å². The van der Waals surface area contributed by atoms with Crippen LogP contribution in [0.5, 0.6) is 0 Å². The van der Waals surface area contributed by atoms with Crippen LogP contribution < -0.4 is 0 Å². The number of esters is 1. The molecule has 0 bridgehead atoms. The first-order valence-corrected chi connectivity index (χ1v) is 7.94. The maximum absolute atomic E-state index is 12.6. The summed E-state index contributed by atoms with van der Waals surface area (Å²) in [6.45, 7) is 9.83. The number of amides is 1. The first kappa shape index (κ1) is 16.3. The van der Waals surface area contributed by atoms with E-state index in [0.717, 1.165) is 16.5 Å². The fourth-order valence-electron chi connectivity index (χ4n) is 2.70. The number of ether oxygens (including phenoxy) is 1. The minimum atomic E-state index is -0.571. The lowest BCUT2D eigenvalue weighted by atomic mass is 9.79. The van der Waals surface area contributed by atoms with Crippen LogP contribution in [0.25, 0.3) is 0 Å². The predicted octanol–water partition coefficient (Wildman–Crippen LogP) is 3.17. The fraction of sp³-hybridized carbons (Fsp3) is 0.625. The van der Waals surface area contributed by atoms with Gasteiger partial charge in [0.2, 0.25) is 0 Å². The predicted molar refractivity (Wildman–Crippen MR) is 84.8 cm³/mol. The molecule has 1 amide bonds. The highest BCUT2D eigenvalue weighted by molar-refractivity contribution is 9.11. The van der Waals surface area contributed by atoms with E-state index >= 15 is 0 Å². The Kier molecular flexibility index (Phi) is 4.08. The van der Waals surface area contributed by atoms with Gasteiger partial charge in [0, 0.05) is 22.0 Å². The molecule has 0 aromatic rings. The molecule has 0 aromatic heterocycles. The van der Waals surface area contributed by atoms with E-state index in [4.69, 9.17) is 4.74 Å². The normalized spacial score (nSPS) is 27.0. The number of rotatable bonds is 2. The maximum Gasteiger partial charge on any atom is 0.329 e. The van der Waals surface area contributed by atoms with Crippen LogP contribution in [0, 0.1) is 5.41 Å². The third-order valence-electron chi connectivity index (χ3n) is 3.91. The summed E-state index contributed by atoms with van der Waals surface area (Å²) in [5.74, 6) is -0.424. The van der Waals surface area contributed by atoms with E-state index < -0.39 is 11.6 Å². The van der Waals surface area contributed by atoms with Gasteiger partial charge >= 0.3 is 5.97 Å². The fourth-order valence-corrected chi connectivity index (χ4v) is 3.09. The standard InChI is InChI=1S/C16H22BrNO3/c1-10(14(20)21-15(2,3)4)18-9-16(5)7-6-11(17)8-12(16)13(18)19/h6,8,10H,7,9H2,1-5H3/t10-,16?/m1/s1. The zero-order valence-electron chi connectivity index (χ0n) is 13.2. The second-order valence-corrected chi connectivity index (χ2v) is 7.97. The summed E-state index contributed by atoms with van der Waals surface area (Å²) in [7, 11) is 0. The lowest BCUT2D eigenvalue weighted by Crippen LogP contribution is -2.44. The minimum absolute atomic E-state index is 0.0686. The van der Waals surface area contributed by atoms with Crippen LogP contribution in [-0.4, -0.2) is 35.0 Å². The molecular weight excluding hydrogens is 334 g/mol. The molecule has 1 saturated heterocycles. The quantitative estimate of drug-likeness (QED) is 0.714. The van der Waals surface area contributed by atoms with E-state index in [2.05, 4.69) is 28.9 Å². The molecule has 4 nitrogen and oxygen atoms in total. The van der Waals surface area contributed by atoms with E-state index in [9.17, 15) is 9.59 Å². The molecule has 116 valence electrons. The average molecular weight is 356 g/mol. The lowest BCUT2D eigenvalue weighted by molar-refractivity contribution is -0.162. The van der Waals surface area contributed by atoms with E-state index in [1.807, 2.05) is 26.8 Å². The van der Waals surface area contributed by atoms with Crippen LogP contribution in [0.2, 0.25) is 0 Å². The van der Waals surface area contributed by atoms with E-state index in [1.54, 1.807) is 11.8 Å². The third kappa shape index (κ3) is 3.23. The molecule has 1 aliphatic carbocycles. The van der Waals surface area contributed by atoms with Crippen molar-refractivity contribution in [2.45, 2.75) is 52.7 Å². The summed E-state index contributed by atoms with van der Waals surface area (Å²) >= 11 is 3.42. The molecule has 0 N–H and O–H groups in total. The Balaban J connectivity index is 2.19. The molecule has 1 heterocycles. The smallest absolute Gasteiger partial charge is 0.329 e. The molecular formula is C16H22BrNO3. The van der Waals surface area contributed by atoms with Crippen LogP contribution in [0.1, 0.15) is 41.0 Å². The summed E-state index contributed by atoms with van der Waals surface area (Å²) in [5.41, 5.74) is 0.00600. The topological polar surface area (TPSA) is 46.6 Å². The van der Waals surface area contributed by atoms with Gasteiger partial charge in [-0.05, 0) is 40.2 Å². The summed E-state index contributed by atoms with van der Waals surface area (Å²) < 4.78 is 6.32. The number of nitrogens with zero attached hydrogens (tertiary/aromatic N) is 1. The van der Waals surface area contributed by atoms with Crippen molar-refractivity contribution in [2.75, 3.05) is 6.54 Å². The number of likely N-dealkylation sites (tertiary alicyclic amines) is 1. The molecule has 1 aliphatic heterocycles. The summed E-state index contributed by atoms with van der Waals surface area (Å²) in [4.78, 5) is 26.4. The van der Waals surface area contributed by atoms with Gasteiger partial charge in [-0.1, -0.05) is 28.9 Å². The van der Waals surface area contributed by atoms with Gasteiger partial charge in [-0.2, -0.15) is 0 Å². The summed E-state index contributed by atoms with van der Waals surface area (Å²) in [6, 6.07) is -0.571. The van der Waals surface area contributed by atoms with Gasteiger partial charge in [-0.15, -0.1) is 0 Å². The van der Waals surface area contributed by atoms with Gasteiger partial charge in [-0.3, -0.25) is 4.79 Å². The van der Waals surface area contributed by atoms with Crippen LogP contribution in [0.15, 0.2) is 22.2 Å². The molecule has 2 aliphatic rings. The number of halogens is 1. The van der Waals surface area contributed by atoms with Crippen LogP contribution in [-0.2, 0) is 14.3 Å². The number of hydrogen-bond acceptors (Lipinski definition) is 3. The Morgan fingerprint density at radius 2 is 2.10 bits per heavy atom. The Labute approximate surface area is 134 Å². The van der Waals surface area contributed by atoms with Crippen molar-refractivity contribution in [3.05, 3.63) is 22.2 Å². The monoisotopic (exact) mass is 355 g/mol. The highest BCUT2D eigenvalue weighted by Gasteiger charge is 2.48. The lowest BCUT2D eigenvalue weighted by Gasteiger charge is -2.29. The van der Waals surface area contributed by atoms with E-state index in [1.165, 1.54) is 0 Å². The average Bonchev–Trinajstić information content (AvgIpc) is 2.60. The highest BCUT2D eigenvalue weighted by atomic mass is 79.9. The Bertz CT molecular complexity index is 544. The first-order valence-electron chi connectivity index (χ1n) is 7.15. The Morgan fingerprint density at radius 3 is 2.67 bits per heavy atom. The van der Waals surface area contributed by atoms with Gasteiger partial charge in [0.1, 0.15) is 11.6 Å². The van der Waals surface area contributed by atoms with Gasteiger partial charge in [-0.25, -0.2) is 4.79 Å². The van der Waals surface area contributed by atoms with Crippen molar-refractivity contribution < 1.29 is 14.3 Å². The molecule has 1 unspecified atom stereocenters. The van der Waals surface area contributed by atoms with Gasteiger partial charge < -0.3 is 9.64 Å². The number of carbonyl (C=O) groups is 2. The van der Waals surface area contributed by atoms with Crippen molar-refractivity contribution in [1.82, 2.24) is 4.90 Å². The van der Waals surface area contributed by atoms with Gasteiger partial charge in [0.05, 0.1) is 0 Å². The number of carbonyl (C=O) groups excluding carboxylic acids is 2. The number of fused-ring (bicyclic) bond motifs is 1. The highest BCUT2D eigenvalue weighted by Crippen LogP contribution is 2.44. The molecule has 2 atom stereocenters. The summed E-state index contributed by atoms with van der Waals surface area (Å²) in [6.07, 6.45) is 4.73. The second-order valence-electron chi connectivity index (χ2n) is 7.05. The number of allylic oxidation sites excluding steroid dienone is 3. The molecule has 2 rings (SSSR count). The molecule has 21 heavy (non-hydrogen) atoms. The van der Waals surface area contributed by atoms with Gasteiger partial charge in [0.25, 0.3) is 5.91 Å². The zero-order valence-corrected chi connectivity index (χ0v) is 14.8. The van der Waals surface area contributed by atoms with Crippen LogP contribution in [0.4, 0.5) is 0 Å². The molecule has 0 saturated carbocycles. The molecule has 0 spiro atoms. The Morgan fingerprint density at radius 1 is 1.48 bits per heavy atom. The third-order valence-corrected chi connectivity index (χ3v) is 4.46. The van der Waals surface area contributed by atoms with E-state index in [0.29, 0.717) is 6.54 Å². The Hall–Kier alpha value is -1.10. The molecule has 0 radical (unpaired) electrons. The SMILES string of the molecule is C[C@H](C(=O)OC(C)(C)C)N1CC2(C)CC=C(Br)C=C2C1=O. The molecule has 5 heteroatoms. The van der Waals surface area contributed by atoms with Crippen LogP contribution >= 0.6 is 15.9 Å². The van der Waals surface area contributed by atoms with Crippen molar-refractivity contribution in [3.8, 4) is 0 Å². The van der Waals surface area contributed by atoms with Crippen molar-refractivity contribution in [3.63, 3.8) is 0 Å². The maximum atomic E-state index is 12.6. The molecule has 0 aromatic carbocycles. The van der Waals surface area contributed by atoms with Crippen molar-refractivity contribution in [2.24, 2.45) is 5.41 Å².